The summed E-state index contributed by atoms with van der Waals surface area (Å²) in [5, 5.41) is 22.4. The largest absolute Gasteiger partial charge is 0.351 e. The van der Waals surface area contributed by atoms with Gasteiger partial charge in [0.15, 0.2) is 0 Å². The molecule has 0 bridgehead atoms. The number of carbonyl (C=O) groups is 1. The lowest BCUT2D eigenvalue weighted by molar-refractivity contribution is -0.385. The third kappa shape index (κ3) is 3.72. The lowest BCUT2D eigenvalue weighted by Gasteiger charge is -2.07. The zero-order valence-electron chi connectivity index (χ0n) is 8.36. The van der Waals surface area contributed by atoms with E-state index in [1.807, 2.05) is 5.32 Å². The van der Waals surface area contributed by atoms with Crippen molar-refractivity contribution in [1.82, 2.24) is 5.32 Å². The van der Waals surface area contributed by atoms with E-state index < -0.39 is 11.0 Å². The first-order valence-corrected chi connectivity index (χ1v) is 5.05. The fourth-order valence-electron chi connectivity index (χ4n) is 1.03. The molecule has 1 aromatic carbocycles. The first kappa shape index (κ1) is 12.9. The van der Waals surface area contributed by atoms with E-state index in [9.17, 15) is 14.9 Å². The maximum absolute atomic E-state index is 10.6. The van der Waals surface area contributed by atoms with E-state index in [1.165, 1.54) is 18.2 Å². The van der Waals surface area contributed by atoms with Gasteiger partial charge >= 0.3 is 6.03 Å². The predicted octanol–water partition coefficient (Wildman–Crippen LogP) is 1.37. The highest BCUT2D eigenvalue weighted by molar-refractivity contribution is 9.10. The quantitative estimate of drug-likeness (QED) is 0.284. The Hall–Kier alpha value is -2.16. The minimum atomic E-state index is -0.894. The maximum atomic E-state index is 10.6. The van der Waals surface area contributed by atoms with Crippen LogP contribution in [0.15, 0.2) is 22.7 Å². The van der Waals surface area contributed by atoms with Crippen LogP contribution in [0.2, 0.25) is 0 Å². The molecule has 90 valence electrons. The van der Waals surface area contributed by atoms with Gasteiger partial charge in [-0.2, -0.15) is 0 Å². The number of guanidine groups is 1. The molecule has 0 fully saturated rings. The fourth-order valence-corrected chi connectivity index (χ4v) is 1.42. The number of hydrogen-bond donors (Lipinski definition) is 4. The van der Waals surface area contributed by atoms with Crippen LogP contribution in [0.5, 0.6) is 0 Å². The van der Waals surface area contributed by atoms with Crippen molar-refractivity contribution in [2.45, 2.75) is 0 Å². The van der Waals surface area contributed by atoms with Crippen LogP contribution in [-0.2, 0) is 0 Å². The molecule has 5 N–H and O–H groups in total. The molecule has 2 amide bonds. The molecule has 0 saturated heterocycles. The summed E-state index contributed by atoms with van der Waals surface area (Å²) < 4.78 is 0.322. The first-order chi connectivity index (χ1) is 7.90. The van der Waals surface area contributed by atoms with Gasteiger partial charge in [0.2, 0.25) is 5.96 Å². The van der Waals surface area contributed by atoms with Gasteiger partial charge in [-0.25, -0.2) is 4.79 Å². The van der Waals surface area contributed by atoms with Gasteiger partial charge in [0.25, 0.3) is 5.69 Å². The molecule has 8 nitrogen and oxygen atoms in total. The number of benzene rings is 1. The van der Waals surface area contributed by atoms with Crippen LogP contribution in [0.1, 0.15) is 0 Å². The topological polar surface area (TPSA) is 134 Å². The maximum Gasteiger partial charge on any atom is 0.318 e. The highest BCUT2D eigenvalue weighted by Gasteiger charge is 2.12. The Kier molecular flexibility index (Phi) is 3.99. The fraction of sp³-hybridized carbons (Fsp3) is 0. The Labute approximate surface area is 104 Å². The normalized spacial score (nSPS) is 9.47. The minimum Gasteiger partial charge on any atom is -0.351 e. The average Bonchev–Trinajstić information content (AvgIpc) is 2.19. The Morgan fingerprint density at radius 3 is 2.71 bits per heavy atom. The summed E-state index contributed by atoms with van der Waals surface area (Å²) in [5.74, 6) is -0.367. The molecule has 0 heterocycles. The number of primary amides is 1. The zero-order chi connectivity index (χ0) is 13.0. The highest BCUT2D eigenvalue weighted by atomic mass is 79.9. The molecule has 0 saturated carbocycles. The highest BCUT2D eigenvalue weighted by Crippen LogP contribution is 2.27. The number of hydrogen-bond acceptors (Lipinski definition) is 4. The van der Waals surface area contributed by atoms with E-state index in [-0.39, 0.29) is 11.6 Å². The number of urea groups is 1. The Morgan fingerprint density at radius 2 is 2.18 bits per heavy atom. The molecule has 0 radical (unpaired) electrons. The first-order valence-electron chi connectivity index (χ1n) is 4.26. The second kappa shape index (κ2) is 5.25. The van der Waals surface area contributed by atoms with Crippen molar-refractivity contribution in [3.05, 3.63) is 32.8 Å². The van der Waals surface area contributed by atoms with Crippen molar-refractivity contribution in [1.29, 1.82) is 5.41 Å². The van der Waals surface area contributed by atoms with Crippen molar-refractivity contribution in [3.8, 4) is 0 Å². The summed E-state index contributed by atoms with van der Waals surface area (Å²) in [4.78, 5) is 20.5. The van der Waals surface area contributed by atoms with Crippen LogP contribution in [0, 0.1) is 15.5 Å². The third-order valence-corrected chi connectivity index (χ3v) is 2.33. The lowest BCUT2D eigenvalue weighted by atomic mass is 10.3. The van der Waals surface area contributed by atoms with Gasteiger partial charge in [-0.15, -0.1) is 0 Å². The molecule has 17 heavy (non-hydrogen) atoms. The van der Waals surface area contributed by atoms with Gasteiger partial charge in [0, 0.05) is 11.8 Å². The van der Waals surface area contributed by atoms with Crippen LogP contribution in [0.25, 0.3) is 0 Å². The smallest absolute Gasteiger partial charge is 0.318 e. The van der Waals surface area contributed by atoms with Gasteiger partial charge in [-0.1, -0.05) is 0 Å². The van der Waals surface area contributed by atoms with Gasteiger partial charge in [-0.3, -0.25) is 20.8 Å². The minimum absolute atomic E-state index is 0.151. The second-order valence-corrected chi connectivity index (χ2v) is 3.77. The molecule has 0 spiro atoms. The average molecular weight is 302 g/mol. The van der Waals surface area contributed by atoms with Crippen LogP contribution in [0.4, 0.5) is 16.2 Å². The van der Waals surface area contributed by atoms with Crippen LogP contribution < -0.4 is 16.4 Å². The number of carbonyl (C=O) groups excluding carboxylic acids is 1. The van der Waals surface area contributed by atoms with Crippen LogP contribution in [0.3, 0.4) is 0 Å². The third-order valence-electron chi connectivity index (χ3n) is 1.66. The van der Waals surface area contributed by atoms with Crippen molar-refractivity contribution in [2.75, 3.05) is 5.32 Å². The number of halogens is 1. The molecule has 0 aliphatic carbocycles. The lowest BCUT2D eigenvalue weighted by Crippen LogP contribution is -2.38. The van der Waals surface area contributed by atoms with Gasteiger partial charge in [0.05, 0.1) is 9.40 Å². The number of anilines is 1. The number of nitrogens with zero attached hydrogens (tertiary/aromatic N) is 1. The van der Waals surface area contributed by atoms with E-state index in [0.29, 0.717) is 10.2 Å². The zero-order valence-corrected chi connectivity index (χ0v) is 9.95. The van der Waals surface area contributed by atoms with Gasteiger partial charge in [0.1, 0.15) is 0 Å². The molecule has 0 unspecified atom stereocenters. The summed E-state index contributed by atoms with van der Waals surface area (Å²) in [6.45, 7) is 0. The SMILES string of the molecule is N=C(NC(N)=O)Nc1ccc(Br)c([N+](=O)[O-])c1. The van der Waals surface area contributed by atoms with E-state index in [4.69, 9.17) is 11.1 Å². The molecule has 0 aliphatic rings. The summed E-state index contributed by atoms with van der Waals surface area (Å²) >= 11 is 3.02. The number of amides is 2. The summed E-state index contributed by atoms with van der Waals surface area (Å²) in [6, 6.07) is 3.29. The molecule has 0 aromatic heterocycles. The monoisotopic (exact) mass is 301 g/mol. The number of nitrogens with one attached hydrogen (secondary N) is 3. The standard InChI is InChI=1S/C8H8BrN5O3/c9-5-2-1-4(3-6(5)14(16)17)12-7(10)13-8(11)15/h1-3H,(H5,10,11,12,13,15). The molecule has 1 aromatic rings. The van der Waals surface area contributed by atoms with E-state index in [1.54, 1.807) is 0 Å². The molecular weight excluding hydrogens is 294 g/mol. The molecule has 0 atom stereocenters. The number of rotatable bonds is 2. The predicted molar refractivity (Wildman–Crippen MR) is 64.9 cm³/mol. The van der Waals surface area contributed by atoms with Crippen molar-refractivity contribution < 1.29 is 9.72 Å². The number of nitro groups is 1. The Bertz CT molecular complexity index is 490. The molecule has 9 heteroatoms. The van der Waals surface area contributed by atoms with E-state index in [2.05, 4.69) is 21.2 Å². The van der Waals surface area contributed by atoms with Crippen molar-refractivity contribution in [2.24, 2.45) is 5.73 Å². The summed E-state index contributed by atoms with van der Waals surface area (Å²) in [6.07, 6.45) is 0. The van der Waals surface area contributed by atoms with Crippen LogP contribution in [-0.4, -0.2) is 16.9 Å². The molecule has 1 rings (SSSR count). The Balaban J connectivity index is 2.86. The van der Waals surface area contributed by atoms with E-state index in [0.717, 1.165) is 0 Å². The van der Waals surface area contributed by atoms with Gasteiger partial charge in [-0.05, 0) is 28.1 Å². The Morgan fingerprint density at radius 1 is 1.53 bits per heavy atom. The van der Waals surface area contributed by atoms with E-state index >= 15 is 0 Å². The second-order valence-electron chi connectivity index (χ2n) is 2.91. The van der Waals surface area contributed by atoms with Gasteiger partial charge < -0.3 is 11.1 Å². The number of nitrogens with two attached hydrogens (primary N) is 1. The summed E-state index contributed by atoms with van der Waals surface area (Å²) in [5.41, 5.74) is 4.94. The number of nitro benzene ring substituents is 1. The van der Waals surface area contributed by atoms with Crippen molar-refractivity contribution >= 4 is 39.3 Å². The molecule has 0 aliphatic heterocycles. The van der Waals surface area contributed by atoms with Crippen LogP contribution >= 0.6 is 15.9 Å². The summed E-state index contributed by atoms with van der Waals surface area (Å²) in [7, 11) is 0. The van der Waals surface area contributed by atoms with Crippen molar-refractivity contribution in [3.63, 3.8) is 0 Å². The molecular formula is C8H8BrN5O3.